The van der Waals surface area contributed by atoms with Crippen LogP contribution in [-0.4, -0.2) is 11.2 Å². The molecule has 1 N–H and O–H groups in total. The molecule has 0 amide bonds. The zero-order valence-electron chi connectivity index (χ0n) is 9.47. The average molecular weight is 196 g/mol. The second-order valence-electron chi connectivity index (χ2n) is 5.76. The van der Waals surface area contributed by atoms with Crippen LogP contribution in [0.25, 0.3) is 0 Å². The van der Waals surface area contributed by atoms with Crippen LogP contribution in [0.4, 0.5) is 0 Å². The molecule has 0 spiro atoms. The van der Waals surface area contributed by atoms with Crippen molar-refractivity contribution in [1.82, 2.24) is 0 Å². The summed E-state index contributed by atoms with van der Waals surface area (Å²) in [5.41, 5.74) is 0.258. The fourth-order valence-corrected chi connectivity index (χ4v) is 3.02. The van der Waals surface area contributed by atoms with Gasteiger partial charge in [0.25, 0.3) is 0 Å². The highest BCUT2D eigenvalue weighted by atomic mass is 16.3. The van der Waals surface area contributed by atoms with Gasteiger partial charge in [-0.25, -0.2) is 0 Å². The molecule has 0 radical (unpaired) electrons. The van der Waals surface area contributed by atoms with Gasteiger partial charge in [0.15, 0.2) is 0 Å². The van der Waals surface area contributed by atoms with Crippen LogP contribution < -0.4 is 0 Å². The van der Waals surface area contributed by atoms with E-state index in [2.05, 4.69) is 6.92 Å². The summed E-state index contributed by atoms with van der Waals surface area (Å²) >= 11 is 0. The van der Waals surface area contributed by atoms with E-state index in [-0.39, 0.29) is 11.5 Å². The first kappa shape index (κ1) is 10.5. The average Bonchev–Trinajstić information content (AvgIpc) is 2.12. The number of aliphatic hydroxyl groups is 1. The second-order valence-corrected chi connectivity index (χ2v) is 5.76. The van der Waals surface area contributed by atoms with Crippen molar-refractivity contribution in [3.8, 4) is 0 Å². The molecule has 1 heteroatoms. The molecule has 0 saturated heterocycles. The Hall–Kier alpha value is -0.0400. The summed E-state index contributed by atoms with van der Waals surface area (Å²) in [6.07, 6.45) is 11.7. The topological polar surface area (TPSA) is 20.2 Å². The van der Waals surface area contributed by atoms with Gasteiger partial charge in [-0.2, -0.15) is 0 Å². The number of hydrogen-bond acceptors (Lipinski definition) is 1. The third-order valence-electron chi connectivity index (χ3n) is 4.58. The third-order valence-corrected chi connectivity index (χ3v) is 4.58. The summed E-state index contributed by atoms with van der Waals surface area (Å²) in [6, 6.07) is 0. The Morgan fingerprint density at radius 1 is 1.14 bits per heavy atom. The fraction of sp³-hybridized carbons (Fsp3) is 1.00. The van der Waals surface area contributed by atoms with Gasteiger partial charge in [-0.05, 0) is 30.6 Å². The highest BCUT2D eigenvalue weighted by molar-refractivity contribution is 4.87. The highest BCUT2D eigenvalue weighted by Crippen LogP contribution is 2.43. The van der Waals surface area contributed by atoms with Crippen LogP contribution in [-0.2, 0) is 0 Å². The van der Waals surface area contributed by atoms with E-state index in [0.29, 0.717) is 0 Å². The normalized spacial score (nSPS) is 29.6. The fourth-order valence-electron chi connectivity index (χ4n) is 3.02. The molecule has 1 unspecified atom stereocenters. The molecular formula is C13H24O. The summed E-state index contributed by atoms with van der Waals surface area (Å²) in [5, 5.41) is 10.3. The maximum absolute atomic E-state index is 10.3. The Bertz CT molecular complexity index is 178. The van der Waals surface area contributed by atoms with Crippen LogP contribution in [0, 0.1) is 11.3 Å². The van der Waals surface area contributed by atoms with Crippen molar-refractivity contribution in [3.63, 3.8) is 0 Å². The molecule has 0 bridgehead atoms. The predicted octanol–water partition coefficient (Wildman–Crippen LogP) is 3.51. The van der Waals surface area contributed by atoms with Crippen LogP contribution in [0.2, 0.25) is 0 Å². The molecule has 0 heterocycles. The van der Waals surface area contributed by atoms with E-state index in [9.17, 15) is 5.11 Å². The lowest BCUT2D eigenvalue weighted by Crippen LogP contribution is -2.36. The summed E-state index contributed by atoms with van der Waals surface area (Å²) in [4.78, 5) is 0. The van der Waals surface area contributed by atoms with Crippen molar-refractivity contribution in [1.29, 1.82) is 0 Å². The molecule has 0 aliphatic heterocycles. The van der Waals surface area contributed by atoms with E-state index >= 15 is 0 Å². The van der Waals surface area contributed by atoms with Crippen molar-refractivity contribution < 1.29 is 5.11 Å². The first-order chi connectivity index (χ1) is 6.71. The van der Waals surface area contributed by atoms with Gasteiger partial charge >= 0.3 is 0 Å². The Morgan fingerprint density at radius 2 is 1.79 bits per heavy atom. The van der Waals surface area contributed by atoms with E-state index in [1.54, 1.807) is 0 Å². The maximum atomic E-state index is 10.3. The van der Waals surface area contributed by atoms with Crippen molar-refractivity contribution in [2.24, 2.45) is 11.3 Å². The van der Waals surface area contributed by atoms with E-state index in [1.165, 1.54) is 51.4 Å². The summed E-state index contributed by atoms with van der Waals surface area (Å²) in [5.74, 6) is 0.851. The summed E-state index contributed by atoms with van der Waals surface area (Å²) in [7, 11) is 0. The minimum absolute atomic E-state index is 0.0203. The highest BCUT2D eigenvalue weighted by Gasteiger charge is 2.36. The van der Waals surface area contributed by atoms with Crippen molar-refractivity contribution in [2.75, 3.05) is 0 Å². The minimum Gasteiger partial charge on any atom is -0.393 e. The molecule has 2 fully saturated rings. The molecule has 2 rings (SSSR count). The number of hydrogen-bond donors (Lipinski definition) is 1. The van der Waals surface area contributed by atoms with Gasteiger partial charge in [0.1, 0.15) is 0 Å². The molecular weight excluding hydrogens is 172 g/mol. The van der Waals surface area contributed by atoms with E-state index < -0.39 is 0 Å². The maximum Gasteiger partial charge on any atom is 0.0596 e. The number of rotatable bonds is 3. The quantitative estimate of drug-likeness (QED) is 0.732. The van der Waals surface area contributed by atoms with Crippen molar-refractivity contribution in [2.45, 2.75) is 70.8 Å². The lowest BCUT2D eigenvalue weighted by molar-refractivity contribution is -0.0143. The second kappa shape index (κ2) is 4.22. The first-order valence-electron chi connectivity index (χ1n) is 6.39. The zero-order valence-corrected chi connectivity index (χ0v) is 9.47. The van der Waals surface area contributed by atoms with E-state index in [4.69, 9.17) is 0 Å². The van der Waals surface area contributed by atoms with Gasteiger partial charge in [-0.3, -0.25) is 0 Å². The molecule has 82 valence electrons. The Labute approximate surface area is 87.9 Å². The molecule has 2 aliphatic carbocycles. The summed E-state index contributed by atoms with van der Waals surface area (Å²) < 4.78 is 0. The standard InChI is InChI=1S/C13H24O/c1-13(8-3-2-4-9-13)12(14)10-11-6-5-7-11/h11-12,14H,2-10H2,1H3. The van der Waals surface area contributed by atoms with Crippen LogP contribution in [0.1, 0.15) is 64.7 Å². The molecule has 0 aromatic heterocycles. The molecule has 1 atom stereocenters. The van der Waals surface area contributed by atoms with Crippen LogP contribution in [0.3, 0.4) is 0 Å². The first-order valence-corrected chi connectivity index (χ1v) is 6.39. The molecule has 2 saturated carbocycles. The van der Waals surface area contributed by atoms with E-state index in [1.807, 2.05) is 0 Å². The van der Waals surface area contributed by atoms with Gasteiger partial charge in [0, 0.05) is 0 Å². The van der Waals surface area contributed by atoms with Gasteiger partial charge in [-0.1, -0.05) is 45.4 Å². The molecule has 14 heavy (non-hydrogen) atoms. The molecule has 2 aliphatic rings. The van der Waals surface area contributed by atoms with Crippen LogP contribution in [0.5, 0.6) is 0 Å². The van der Waals surface area contributed by atoms with Crippen molar-refractivity contribution >= 4 is 0 Å². The van der Waals surface area contributed by atoms with Gasteiger partial charge in [0.05, 0.1) is 6.10 Å². The molecule has 0 aromatic carbocycles. The van der Waals surface area contributed by atoms with Gasteiger partial charge in [-0.15, -0.1) is 0 Å². The van der Waals surface area contributed by atoms with Gasteiger partial charge in [0.2, 0.25) is 0 Å². The Morgan fingerprint density at radius 3 is 2.29 bits per heavy atom. The predicted molar refractivity (Wildman–Crippen MR) is 59.2 cm³/mol. The van der Waals surface area contributed by atoms with E-state index in [0.717, 1.165) is 12.3 Å². The van der Waals surface area contributed by atoms with Crippen LogP contribution in [0.15, 0.2) is 0 Å². The van der Waals surface area contributed by atoms with Crippen LogP contribution >= 0.6 is 0 Å². The van der Waals surface area contributed by atoms with Crippen molar-refractivity contribution in [3.05, 3.63) is 0 Å². The number of aliphatic hydroxyl groups excluding tert-OH is 1. The lowest BCUT2D eigenvalue weighted by Gasteiger charge is -2.40. The third kappa shape index (κ3) is 2.13. The summed E-state index contributed by atoms with van der Waals surface area (Å²) in [6.45, 7) is 2.30. The largest absolute Gasteiger partial charge is 0.393 e. The lowest BCUT2D eigenvalue weighted by atomic mass is 9.68. The monoisotopic (exact) mass is 196 g/mol. The Balaban J connectivity index is 1.83. The minimum atomic E-state index is -0.0203. The van der Waals surface area contributed by atoms with Gasteiger partial charge < -0.3 is 5.11 Å². The molecule has 1 nitrogen and oxygen atoms in total. The molecule has 0 aromatic rings. The smallest absolute Gasteiger partial charge is 0.0596 e. The zero-order chi connectivity index (χ0) is 10.0. The SMILES string of the molecule is CC1(C(O)CC2CCC2)CCCCC1. The Kier molecular flexibility index (Phi) is 3.16.